The monoisotopic (exact) mass is 457 g/mol. The average Bonchev–Trinajstić information content (AvgIpc) is 3.20. The summed E-state index contributed by atoms with van der Waals surface area (Å²) in [5.74, 6) is 0.517. The average molecular weight is 458 g/mol. The molecule has 0 bridgehead atoms. The van der Waals surface area contributed by atoms with Gasteiger partial charge in [-0.05, 0) is 55.3 Å². The molecule has 0 saturated heterocycles. The summed E-state index contributed by atoms with van der Waals surface area (Å²) in [6.45, 7) is 4.69. The van der Waals surface area contributed by atoms with E-state index < -0.39 is 0 Å². The number of ether oxygens (including phenoxy) is 3. The van der Waals surface area contributed by atoms with Crippen molar-refractivity contribution in [2.24, 2.45) is 5.10 Å². The predicted octanol–water partition coefficient (Wildman–Crippen LogP) is 4.81. The van der Waals surface area contributed by atoms with Crippen molar-refractivity contribution in [3.05, 3.63) is 70.5 Å². The molecule has 0 unspecified atom stereocenters. The number of esters is 1. The Bertz CT molecular complexity index is 1070. The summed E-state index contributed by atoms with van der Waals surface area (Å²) in [5.41, 5.74) is 5.01. The first kappa shape index (κ1) is 23.2. The van der Waals surface area contributed by atoms with Crippen molar-refractivity contribution in [2.45, 2.75) is 26.9 Å². The second kappa shape index (κ2) is 11.8. The standard InChI is InChI=1S/C23H24FN3O4S/c1-3-29-21-11-16(8-9-20(21)31-14-17-6-5-7-18(24)10-17)13-25-27-23-26-19(15-32-23)12-22(28)30-4-2/h5-11,13,15H,3-4,12,14H2,1-2H3,(H,26,27). The van der Waals surface area contributed by atoms with Crippen molar-refractivity contribution in [1.82, 2.24) is 4.98 Å². The van der Waals surface area contributed by atoms with Gasteiger partial charge in [0.05, 0.1) is 31.5 Å². The first-order valence-corrected chi connectivity index (χ1v) is 11.0. The lowest BCUT2D eigenvalue weighted by Gasteiger charge is -2.12. The number of carbonyl (C=O) groups is 1. The summed E-state index contributed by atoms with van der Waals surface area (Å²) in [4.78, 5) is 15.8. The third kappa shape index (κ3) is 7.05. The van der Waals surface area contributed by atoms with Crippen molar-refractivity contribution >= 4 is 28.7 Å². The van der Waals surface area contributed by atoms with Gasteiger partial charge in [0, 0.05) is 5.38 Å². The summed E-state index contributed by atoms with van der Waals surface area (Å²) in [7, 11) is 0. The first-order chi connectivity index (χ1) is 15.6. The largest absolute Gasteiger partial charge is 0.490 e. The van der Waals surface area contributed by atoms with Crippen LogP contribution in [0.3, 0.4) is 0 Å². The van der Waals surface area contributed by atoms with E-state index in [1.807, 2.05) is 19.1 Å². The van der Waals surface area contributed by atoms with Gasteiger partial charge in [-0.3, -0.25) is 10.2 Å². The predicted molar refractivity (Wildman–Crippen MR) is 122 cm³/mol. The molecule has 32 heavy (non-hydrogen) atoms. The number of halogens is 1. The molecule has 1 heterocycles. The van der Waals surface area contributed by atoms with Crippen LogP contribution in [0.25, 0.3) is 0 Å². The van der Waals surface area contributed by atoms with Gasteiger partial charge in [0.15, 0.2) is 11.5 Å². The smallest absolute Gasteiger partial charge is 0.311 e. The molecule has 168 valence electrons. The number of thiazole rings is 1. The topological polar surface area (TPSA) is 82.0 Å². The van der Waals surface area contributed by atoms with Crippen LogP contribution < -0.4 is 14.9 Å². The molecule has 0 saturated carbocycles. The molecule has 0 amide bonds. The SMILES string of the molecule is CCOC(=O)Cc1csc(NN=Cc2ccc(OCc3cccc(F)c3)c(OCC)c2)n1. The first-order valence-electron chi connectivity index (χ1n) is 10.1. The number of carbonyl (C=O) groups excluding carboxylic acids is 1. The summed E-state index contributed by atoms with van der Waals surface area (Å²) in [5, 5.41) is 6.55. The lowest BCUT2D eigenvalue weighted by Crippen LogP contribution is -2.07. The molecule has 0 spiro atoms. The van der Waals surface area contributed by atoms with Gasteiger partial charge < -0.3 is 14.2 Å². The van der Waals surface area contributed by atoms with E-state index in [0.717, 1.165) is 11.1 Å². The van der Waals surface area contributed by atoms with E-state index in [-0.39, 0.29) is 24.8 Å². The van der Waals surface area contributed by atoms with Crippen molar-refractivity contribution in [1.29, 1.82) is 0 Å². The summed E-state index contributed by atoms with van der Waals surface area (Å²) < 4.78 is 29.8. The fourth-order valence-electron chi connectivity index (χ4n) is 2.74. The Morgan fingerprint density at radius 3 is 2.81 bits per heavy atom. The maximum Gasteiger partial charge on any atom is 0.311 e. The van der Waals surface area contributed by atoms with Crippen molar-refractivity contribution < 1.29 is 23.4 Å². The zero-order chi connectivity index (χ0) is 22.8. The summed E-state index contributed by atoms with van der Waals surface area (Å²) in [6.07, 6.45) is 1.76. The minimum atomic E-state index is -0.309. The summed E-state index contributed by atoms with van der Waals surface area (Å²) >= 11 is 1.35. The van der Waals surface area contributed by atoms with Gasteiger partial charge in [0.25, 0.3) is 0 Å². The van der Waals surface area contributed by atoms with Crippen molar-refractivity contribution in [3.63, 3.8) is 0 Å². The van der Waals surface area contributed by atoms with Gasteiger partial charge in [0.1, 0.15) is 12.4 Å². The minimum Gasteiger partial charge on any atom is -0.490 e. The van der Waals surface area contributed by atoms with Crippen LogP contribution in [-0.4, -0.2) is 30.4 Å². The third-order valence-electron chi connectivity index (χ3n) is 4.11. The molecule has 1 aromatic heterocycles. The Hall–Kier alpha value is -3.46. The Morgan fingerprint density at radius 1 is 1.16 bits per heavy atom. The van der Waals surface area contributed by atoms with Gasteiger partial charge in [-0.15, -0.1) is 11.3 Å². The van der Waals surface area contributed by atoms with Gasteiger partial charge in [-0.25, -0.2) is 9.37 Å². The number of rotatable bonds is 11. The Balaban J connectivity index is 1.60. The zero-order valence-electron chi connectivity index (χ0n) is 17.8. The number of aromatic nitrogens is 1. The Labute approximate surface area is 189 Å². The molecule has 7 nitrogen and oxygen atoms in total. The van der Waals surface area contributed by atoms with Crippen LogP contribution in [0, 0.1) is 5.82 Å². The molecular formula is C23H24FN3O4S. The quantitative estimate of drug-likeness (QED) is 0.253. The Morgan fingerprint density at radius 2 is 2.03 bits per heavy atom. The van der Waals surface area contributed by atoms with E-state index >= 15 is 0 Å². The fourth-order valence-corrected chi connectivity index (χ4v) is 3.40. The highest BCUT2D eigenvalue weighted by atomic mass is 32.1. The van der Waals surface area contributed by atoms with E-state index in [1.165, 1.54) is 23.5 Å². The zero-order valence-corrected chi connectivity index (χ0v) is 18.7. The number of nitrogens with zero attached hydrogens (tertiary/aromatic N) is 2. The normalized spacial score (nSPS) is 10.8. The van der Waals surface area contributed by atoms with Crippen LogP contribution in [0.1, 0.15) is 30.7 Å². The number of hydrogen-bond acceptors (Lipinski definition) is 8. The van der Waals surface area contributed by atoms with Crippen LogP contribution in [0.5, 0.6) is 11.5 Å². The van der Waals surface area contributed by atoms with Crippen LogP contribution >= 0.6 is 11.3 Å². The lowest BCUT2D eigenvalue weighted by molar-refractivity contribution is -0.142. The van der Waals surface area contributed by atoms with Gasteiger partial charge in [-0.1, -0.05) is 12.1 Å². The lowest BCUT2D eigenvalue weighted by atomic mass is 10.2. The molecule has 0 aliphatic rings. The molecule has 0 fully saturated rings. The highest BCUT2D eigenvalue weighted by Gasteiger charge is 2.09. The van der Waals surface area contributed by atoms with Crippen LogP contribution in [0.4, 0.5) is 9.52 Å². The number of nitrogens with one attached hydrogen (secondary N) is 1. The molecule has 9 heteroatoms. The molecule has 0 aliphatic heterocycles. The number of benzene rings is 2. The maximum atomic E-state index is 13.4. The van der Waals surface area contributed by atoms with Gasteiger partial charge in [0.2, 0.25) is 5.13 Å². The Kier molecular flexibility index (Phi) is 8.56. The van der Waals surface area contributed by atoms with E-state index in [1.54, 1.807) is 36.7 Å². The van der Waals surface area contributed by atoms with Gasteiger partial charge in [-0.2, -0.15) is 5.10 Å². The van der Waals surface area contributed by atoms with E-state index in [9.17, 15) is 9.18 Å². The number of hydrogen-bond donors (Lipinski definition) is 1. The minimum absolute atomic E-state index is 0.129. The molecule has 0 atom stereocenters. The van der Waals surface area contributed by atoms with E-state index in [0.29, 0.717) is 35.5 Å². The highest BCUT2D eigenvalue weighted by molar-refractivity contribution is 7.13. The molecular weight excluding hydrogens is 433 g/mol. The van der Waals surface area contributed by atoms with E-state index in [2.05, 4.69) is 15.5 Å². The van der Waals surface area contributed by atoms with Crippen LogP contribution in [-0.2, 0) is 22.6 Å². The fraction of sp³-hybridized carbons (Fsp3) is 0.261. The third-order valence-corrected chi connectivity index (χ3v) is 4.90. The summed E-state index contributed by atoms with van der Waals surface area (Å²) in [6, 6.07) is 11.7. The van der Waals surface area contributed by atoms with Crippen molar-refractivity contribution in [2.75, 3.05) is 18.6 Å². The maximum absolute atomic E-state index is 13.4. The number of anilines is 1. The molecule has 3 rings (SSSR count). The van der Waals surface area contributed by atoms with E-state index in [4.69, 9.17) is 14.2 Å². The molecule has 0 radical (unpaired) electrons. The van der Waals surface area contributed by atoms with Crippen molar-refractivity contribution in [3.8, 4) is 11.5 Å². The van der Waals surface area contributed by atoms with Crippen LogP contribution in [0.2, 0.25) is 0 Å². The second-order valence-electron chi connectivity index (χ2n) is 6.55. The second-order valence-corrected chi connectivity index (χ2v) is 7.41. The molecule has 3 aromatic rings. The van der Waals surface area contributed by atoms with Crippen LogP contribution in [0.15, 0.2) is 52.9 Å². The number of hydrazone groups is 1. The molecule has 1 N–H and O–H groups in total. The molecule has 0 aliphatic carbocycles. The molecule has 2 aromatic carbocycles. The highest BCUT2D eigenvalue weighted by Crippen LogP contribution is 2.29. The van der Waals surface area contributed by atoms with Gasteiger partial charge >= 0.3 is 5.97 Å².